The van der Waals surface area contributed by atoms with Crippen LogP contribution in [0.25, 0.3) is 16.6 Å². The van der Waals surface area contributed by atoms with Gasteiger partial charge in [-0.25, -0.2) is 4.98 Å². The lowest BCUT2D eigenvalue weighted by Crippen LogP contribution is -2.14. The van der Waals surface area contributed by atoms with E-state index in [1.165, 1.54) is 19.3 Å². The molecule has 1 N–H and O–H groups in total. The molecule has 0 radical (unpaired) electrons. The molecule has 2 aromatic heterocycles. The monoisotopic (exact) mass is 345 g/mol. The summed E-state index contributed by atoms with van der Waals surface area (Å²) in [5.41, 5.74) is 2.41. The van der Waals surface area contributed by atoms with Crippen LogP contribution in [0.5, 0.6) is 0 Å². The lowest BCUT2D eigenvalue weighted by Gasteiger charge is -2.20. The molecule has 0 atom stereocenters. The molecular formula is C16H16BrN3O. The van der Waals surface area contributed by atoms with Gasteiger partial charge in [0.25, 0.3) is 5.56 Å². The van der Waals surface area contributed by atoms with Crippen LogP contribution in [0.15, 0.2) is 33.7 Å². The van der Waals surface area contributed by atoms with E-state index in [-0.39, 0.29) is 5.56 Å². The quantitative estimate of drug-likeness (QED) is 0.724. The largest absolute Gasteiger partial charge is 0.319 e. The first kappa shape index (κ1) is 13.1. The second kappa shape index (κ2) is 4.98. The minimum Gasteiger partial charge on any atom is -0.319 e. The van der Waals surface area contributed by atoms with Crippen molar-refractivity contribution in [2.75, 3.05) is 0 Å². The molecule has 1 saturated carbocycles. The Bertz CT molecular complexity index is 874. The Kier molecular flexibility index (Phi) is 3.10. The minimum atomic E-state index is -0.0878. The number of hydrogen-bond acceptors (Lipinski definition) is 2. The van der Waals surface area contributed by atoms with Crippen LogP contribution in [-0.4, -0.2) is 14.4 Å². The number of fused-ring (bicyclic) bond motifs is 3. The van der Waals surface area contributed by atoms with Crippen LogP contribution in [0.4, 0.5) is 0 Å². The number of nitrogens with zero attached hydrogens (tertiary/aromatic N) is 2. The van der Waals surface area contributed by atoms with Gasteiger partial charge in [-0.05, 0) is 40.9 Å². The summed E-state index contributed by atoms with van der Waals surface area (Å²) in [5, 5.41) is 0. The van der Waals surface area contributed by atoms with Gasteiger partial charge in [-0.2, -0.15) is 0 Å². The molecular weight excluding hydrogens is 330 g/mol. The summed E-state index contributed by atoms with van der Waals surface area (Å²) in [7, 11) is 0. The SMILES string of the molecule is O=c1[nH]c2ccccc2n2c(C3CCCCC3)nc(Br)c12. The highest BCUT2D eigenvalue weighted by molar-refractivity contribution is 9.10. The smallest absolute Gasteiger partial charge is 0.275 e. The number of benzene rings is 1. The summed E-state index contributed by atoms with van der Waals surface area (Å²) >= 11 is 3.47. The highest BCUT2D eigenvalue weighted by Gasteiger charge is 2.23. The second-order valence-corrected chi connectivity index (χ2v) is 6.50. The predicted octanol–water partition coefficient (Wildman–Crippen LogP) is 3.99. The zero-order valence-electron chi connectivity index (χ0n) is 11.6. The molecule has 4 nitrogen and oxygen atoms in total. The van der Waals surface area contributed by atoms with Gasteiger partial charge in [-0.3, -0.25) is 9.20 Å². The average molecular weight is 346 g/mol. The van der Waals surface area contributed by atoms with Crippen LogP contribution in [0.3, 0.4) is 0 Å². The van der Waals surface area contributed by atoms with Crippen LogP contribution in [0.1, 0.15) is 43.8 Å². The third-order valence-corrected chi connectivity index (χ3v) is 4.99. The van der Waals surface area contributed by atoms with E-state index in [9.17, 15) is 4.79 Å². The van der Waals surface area contributed by atoms with Gasteiger partial charge in [0, 0.05) is 5.92 Å². The number of nitrogens with one attached hydrogen (secondary N) is 1. The molecule has 21 heavy (non-hydrogen) atoms. The summed E-state index contributed by atoms with van der Waals surface area (Å²) in [4.78, 5) is 20.0. The van der Waals surface area contributed by atoms with Crippen molar-refractivity contribution in [3.05, 3.63) is 45.0 Å². The number of para-hydroxylation sites is 2. The molecule has 0 bridgehead atoms. The zero-order chi connectivity index (χ0) is 14.4. The molecule has 0 aliphatic heterocycles. The number of aromatic amines is 1. The molecule has 1 fully saturated rings. The van der Waals surface area contributed by atoms with E-state index in [1.807, 2.05) is 28.7 Å². The zero-order valence-corrected chi connectivity index (χ0v) is 13.2. The molecule has 108 valence electrons. The number of halogens is 1. The summed E-state index contributed by atoms with van der Waals surface area (Å²) in [6, 6.07) is 7.92. The van der Waals surface area contributed by atoms with Gasteiger partial charge in [0.1, 0.15) is 15.9 Å². The van der Waals surface area contributed by atoms with E-state index in [4.69, 9.17) is 0 Å². The van der Waals surface area contributed by atoms with Gasteiger partial charge >= 0.3 is 0 Å². The molecule has 1 aromatic carbocycles. The van der Waals surface area contributed by atoms with Gasteiger partial charge in [-0.15, -0.1) is 0 Å². The van der Waals surface area contributed by atoms with Gasteiger partial charge in [-0.1, -0.05) is 31.4 Å². The van der Waals surface area contributed by atoms with Gasteiger partial charge in [0.05, 0.1) is 11.0 Å². The maximum atomic E-state index is 12.4. The molecule has 0 spiro atoms. The normalized spacial score (nSPS) is 16.8. The number of hydrogen-bond donors (Lipinski definition) is 1. The molecule has 1 aliphatic carbocycles. The Hall–Kier alpha value is -1.62. The summed E-state index contributed by atoms with van der Waals surface area (Å²) in [6.07, 6.45) is 6.12. The van der Waals surface area contributed by atoms with Crippen molar-refractivity contribution < 1.29 is 0 Å². The molecule has 5 heteroatoms. The fourth-order valence-electron chi connectivity index (χ4n) is 3.44. The van der Waals surface area contributed by atoms with Crippen molar-refractivity contribution in [1.82, 2.24) is 14.4 Å². The topological polar surface area (TPSA) is 50.2 Å². The predicted molar refractivity (Wildman–Crippen MR) is 86.8 cm³/mol. The van der Waals surface area contributed by atoms with E-state index in [0.29, 0.717) is 16.0 Å². The number of imidazole rings is 1. The molecule has 0 amide bonds. The number of H-pyrrole nitrogens is 1. The van der Waals surface area contributed by atoms with Gasteiger partial charge < -0.3 is 4.98 Å². The van der Waals surface area contributed by atoms with Crippen molar-refractivity contribution in [3.63, 3.8) is 0 Å². The van der Waals surface area contributed by atoms with Crippen molar-refractivity contribution >= 4 is 32.5 Å². The summed E-state index contributed by atoms with van der Waals surface area (Å²) in [6.45, 7) is 0. The molecule has 3 aromatic rings. The highest BCUT2D eigenvalue weighted by atomic mass is 79.9. The van der Waals surface area contributed by atoms with E-state index < -0.39 is 0 Å². The fraction of sp³-hybridized carbons (Fsp3) is 0.375. The molecule has 0 saturated heterocycles. The van der Waals surface area contributed by atoms with Crippen molar-refractivity contribution in [2.24, 2.45) is 0 Å². The first-order chi connectivity index (χ1) is 10.3. The Morgan fingerprint density at radius 1 is 1.19 bits per heavy atom. The van der Waals surface area contributed by atoms with Crippen molar-refractivity contribution in [1.29, 1.82) is 0 Å². The molecule has 2 heterocycles. The minimum absolute atomic E-state index is 0.0878. The Morgan fingerprint density at radius 3 is 2.76 bits per heavy atom. The first-order valence-electron chi connectivity index (χ1n) is 7.44. The lowest BCUT2D eigenvalue weighted by atomic mass is 9.89. The van der Waals surface area contributed by atoms with Crippen LogP contribution < -0.4 is 5.56 Å². The Balaban J connectivity index is 2.09. The Labute approximate surface area is 130 Å². The second-order valence-electron chi connectivity index (χ2n) is 5.75. The molecule has 1 aliphatic rings. The maximum Gasteiger partial charge on any atom is 0.275 e. The van der Waals surface area contributed by atoms with Crippen molar-refractivity contribution in [3.8, 4) is 0 Å². The maximum absolute atomic E-state index is 12.4. The van der Waals surface area contributed by atoms with E-state index in [0.717, 1.165) is 29.7 Å². The van der Waals surface area contributed by atoms with Crippen LogP contribution in [0.2, 0.25) is 0 Å². The lowest BCUT2D eigenvalue weighted by molar-refractivity contribution is 0.428. The summed E-state index contributed by atoms with van der Waals surface area (Å²) < 4.78 is 2.70. The summed E-state index contributed by atoms with van der Waals surface area (Å²) in [5.74, 6) is 1.47. The molecule has 0 unspecified atom stereocenters. The van der Waals surface area contributed by atoms with Gasteiger partial charge in [0.15, 0.2) is 0 Å². The van der Waals surface area contributed by atoms with Crippen LogP contribution in [0, 0.1) is 0 Å². The Morgan fingerprint density at radius 2 is 1.95 bits per heavy atom. The van der Waals surface area contributed by atoms with E-state index >= 15 is 0 Å². The number of rotatable bonds is 1. The highest BCUT2D eigenvalue weighted by Crippen LogP contribution is 2.34. The number of aromatic nitrogens is 3. The van der Waals surface area contributed by atoms with E-state index in [1.54, 1.807) is 0 Å². The van der Waals surface area contributed by atoms with Crippen LogP contribution in [-0.2, 0) is 0 Å². The van der Waals surface area contributed by atoms with Crippen molar-refractivity contribution in [2.45, 2.75) is 38.0 Å². The first-order valence-corrected chi connectivity index (χ1v) is 8.24. The van der Waals surface area contributed by atoms with Gasteiger partial charge in [0.2, 0.25) is 0 Å². The third kappa shape index (κ3) is 2.02. The van der Waals surface area contributed by atoms with Crippen LogP contribution >= 0.6 is 15.9 Å². The van der Waals surface area contributed by atoms with E-state index in [2.05, 4.69) is 25.9 Å². The average Bonchev–Trinajstić information content (AvgIpc) is 2.87. The standard InChI is InChI=1S/C16H16BrN3O/c17-14-13-16(21)18-11-8-4-5-9-12(11)20(13)15(19-14)10-6-2-1-3-7-10/h4-5,8-10H,1-3,6-7H2,(H,18,21). The molecule has 4 rings (SSSR count). The third-order valence-electron chi connectivity index (χ3n) is 4.44. The fourth-order valence-corrected chi connectivity index (χ4v) is 3.98.